The van der Waals surface area contributed by atoms with Gasteiger partial charge < -0.3 is 69.6 Å². The molecule has 9 N–H and O–H groups in total. The van der Waals surface area contributed by atoms with Crippen LogP contribution in [0.3, 0.4) is 0 Å². The lowest BCUT2D eigenvalue weighted by Gasteiger charge is -2.46. The van der Waals surface area contributed by atoms with Gasteiger partial charge in [0.15, 0.2) is 18.9 Å². The average molecular weight is 458 g/mol. The van der Waals surface area contributed by atoms with E-state index in [1.54, 1.807) is 0 Å². The molecular formula is C17H30O14. The highest BCUT2D eigenvalue weighted by atomic mass is 16.8. The summed E-state index contributed by atoms with van der Waals surface area (Å²) in [6, 6.07) is 0. The van der Waals surface area contributed by atoms with Crippen LogP contribution in [0.1, 0.15) is 6.92 Å². The molecule has 31 heavy (non-hydrogen) atoms. The Morgan fingerprint density at radius 3 is 1.71 bits per heavy atom. The van der Waals surface area contributed by atoms with Gasteiger partial charge in [-0.15, -0.1) is 0 Å². The quantitative estimate of drug-likeness (QED) is 0.181. The first-order valence-electron chi connectivity index (χ1n) is 9.86. The average Bonchev–Trinajstić information content (AvgIpc) is 3.02. The van der Waals surface area contributed by atoms with Crippen molar-refractivity contribution in [2.75, 3.05) is 13.2 Å². The van der Waals surface area contributed by atoms with Crippen LogP contribution in [0.2, 0.25) is 0 Å². The summed E-state index contributed by atoms with van der Waals surface area (Å²) >= 11 is 0. The van der Waals surface area contributed by atoms with E-state index in [2.05, 4.69) is 0 Å². The second kappa shape index (κ2) is 10.1. The van der Waals surface area contributed by atoms with Crippen LogP contribution in [0.5, 0.6) is 0 Å². The molecule has 3 rings (SSSR count). The third kappa shape index (κ3) is 4.87. The molecule has 3 aliphatic rings. The van der Waals surface area contributed by atoms with E-state index < -0.39 is 99.2 Å². The van der Waals surface area contributed by atoms with Gasteiger partial charge in [0.2, 0.25) is 0 Å². The lowest BCUT2D eigenvalue weighted by Crippen LogP contribution is -2.64. The van der Waals surface area contributed by atoms with Crippen molar-refractivity contribution in [3.8, 4) is 0 Å². The summed E-state index contributed by atoms with van der Waals surface area (Å²) in [6.45, 7) is 0.0829. The molecule has 0 aliphatic carbocycles. The maximum absolute atomic E-state index is 10.7. The van der Waals surface area contributed by atoms with Gasteiger partial charge >= 0.3 is 0 Å². The first-order valence-corrected chi connectivity index (χ1v) is 9.86. The minimum atomic E-state index is -1.81. The maximum atomic E-state index is 10.7. The van der Waals surface area contributed by atoms with E-state index in [-0.39, 0.29) is 0 Å². The Morgan fingerprint density at radius 2 is 1.13 bits per heavy atom. The molecule has 182 valence electrons. The Bertz CT molecular complexity index is 581. The third-order valence-electron chi connectivity index (χ3n) is 5.70. The van der Waals surface area contributed by atoms with Crippen molar-refractivity contribution in [3.05, 3.63) is 0 Å². The van der Waals surface area contributed by atoms with Crippen molar-refractivity contribution in [1.82, 2.24) is 0 Å². The molecule has 3 saturated heterocycles. The summed E-state index contributed by atoms with van der Waals surface area (Å²) in [5.74, 6) is 0. The molecule has 3 aliphatic heterocycles. The predicted molar refractivity (Wildman–Crippen MR) is 93.8 cm³/mol. The predicted octanol–water partition coefficient (Wildman–Crippen LogP) is -5.91. The topological polar surface area (TPSA) is 228 Å². The molecular weight excluding hydrogens is 428 g/mol. The van der Waals surface area contributed by atoms with Gasteiger partial charge in [0, 0.05) is 0 Å². The zero-order valence-electron chi connectivity index (χ0n) is 16.6. The minimum absolute atomic E-state index is 0.612. The van der Waals surface area contributed by atoms with Crippen LogP contribution in [0.25, 0.3) is 0 Å². The van der Waals surface area contributed by atoms with Crippen molar-refractivity contribution < 1.29 is 69.6 Å². The number of ether oxygens (including phenoxy) is 5. The van der Waals surface area contributed by atoms with Crippen LogP contribution in [-0.2, 0) is 23.7 Å². The van der Waals surface area contributed by atoms with Gasteiger partial charge in [-0.25, -0.2) is 0 Å². The van der Waals surface area contributed by atoms with Gasteiger partial charge in [0.25, 0.3) is 0 Å². The number of hydrogen-bond acceptors (Lipinski definition) is 14. The molecule has 0 aromatic rings. The molecule has 3 fully saturated rings. The zero-order valence-corrected chi connectivity index (χ0v) is 16.6. The molecule has 0 bridgehead atoms. The number of rotatable bonds is 6. The fourth-order valence-corrected chi connectivity index (χ4v) is 3.79. The van der Waals surface area contributed by atoms with Gasteiger partial charge in [0.05, 0.1) is 19.3 Å². The van der Waals surface area contributed by atoms with Crippen molar-refractivity contribution in [1.29, 1.82) is 0 Å². The molecule has 3 heterocycles. The second-order valence-electron chi connectivity index (χ2n) is 7.83. The summed E-state index contributed by atoms with van der Waals surface area (Å²) in [6.07, 6.45) is -20.8. The van der Waals surface area contributed by atoms with E-state index in [1.807, 2.05) is 0 Å². The van der Waals surface area contributed by atoms with E-state index in [9.17, 15) is 46.0 Å². The van der Waals surface area contributed by atoms with Gasteiger partial charge in [-0.2, -0.15) is 0 Å². The standard InChI is InChI=1S/C17H30O14/c1-4-7(20)9(22)11(24)16(27-4)31-14-12(25)13(6(3-19)28-15(14)26)30-17-10(23)8(21)5(2-18)29-17/h4-26H,2-3H2,1H3/t4-,5+,6+,7-,8+,9+,10-,11+,12-,13+,14+,15?,16-,17+/m0/s1. The lowest BCUT2D eigenvalue weighted by atomic mass is 9.97. The normalized spacial score (nSPS) is 53.6. The van der Waals surface area contributed by atoms with E-state index in [4.69, 9.17) is 23.7 Å². The smallest absolute Gasteiger partial charge is 0.187 e. The van der Waals surface area contributed by atoms with Gasteiger partial charge in [-0.3, -0.25) is 0 Å². The zero-order chi connectivity index (χ0) is 23.0. The Labute approximate surface area is 176 Å². The van der Waals surface area contributed by atoms with Gasteiger partial charge in [0.1, 0.15) is 61.0 Å². The minimum Gasteiger partial charge on any atom is -0.394 e. The molecule has 1 unspecified atom stereocenters. The molecule has 0 aromatic carbocycles. The Balaban J connectivity index is 1.72. The molecule has 0 radical (unpaired) electrons. The van der Waals surface area contributed by atoms with Crippen LogP contribution in [0.15, 0.2) is 0 Å². The van der Waals surface area contributed by atoms with Crippen LogP contribution in [0.4, 0.5) is 0 Å². The van der Waals surface area contributed by atoms with Crippen molar-refractivity contribution >= 4 is 0 Å². The van der Waals surface area contributed by atoms with Crippen molar-refractivity contribution in [3.63, 3.8) is 0 Å². The van der Waals surface area contributed by atoms with Crippen LogP contribution < -0.4 is 0 Å². The number of aliphatic hydroxyl groups is 9. The molecule has 14 heteroatoms. The van der Waals surface area contributed by atoms with Gasteiger partial charge in [-0.1, -0.05) is 0 Å². The van der Waals surface area contributed by atoms with Crippen molar-refractivity contribution in [2.24, 2.45) is 0 Å². The lowest BCUT2D eigenvalue weighted by molar-refractivity contribution is -0.369. The van der Waals surface area contributed by atoms with Crippen LogP contribution in [0, 0.1) is 0 Å². The van der Waals surface area contributed by atoms with E-state index in [0.29, 0.717) is 0 Å². The molecule has 0 amide bonds. The molecule has 0 spiro atoms. The SMILES string of the molecule is C[C@@H]1O[C@@H](O[C@H]2C(O)O[C@H](CO)[C@@H](O[C@H]3O[C@H](CO)[C@@H](O)[C@@H]3O)[C@@H]2O)[C@H](O)[C@H](O)[C@H]1O. The second-order valence-corrected chi connectivity index (χ2v) is 7.83. The highest BCUT2D eigenvalue weighted by Crippen LogP contribution is 2.32. The van der Waals surface area contributed by atoms with E-state index >= 15 is 0 Å². The molecule has 14 nitrogen and oxygen atoms in total. The summed E-state index contributed by atoms with van der Waals surface area (Å²) in [5.41, 5.74) is 0. The summed E-state index contributed by atoms with van der Waals surface area (Å²) in [4.78, 5) is 0. The van der Waals surface area contributed by atoms with Gasteiger partial charge in [-0.05, 0) is 6.92 Å². The first kappa shape index (κ1) is 25.1. The largest absolute Gasteiger partial charge is 0.394 e. The van der Waals surface area contributed by atoms with Crippen molar-refractivity contribution in [2.45, 2.75) is 92.9 Å². The fraction of sp³-hybridized carbons (Fsp3) is 1.00. The van der Waals surface area contributed by atoms with E-state index in [0.717, 1.165) is 0 Å². The third-order valence-corrected chi connectivity index (χ3v) is 5.70. The van der Waals surface area contributed by atoms with E-state index in [1.165, 1.54) is 6.92 Å². The molecule has 14 atom stereocenters. The Hall–Kier alpha value is -0.560. The monoisotopic (exact) mass is 458 g/mol. The molecule has 0 saturated carbocycles. The Kier molecular flexibility index (Phi) is 8.21. The highest BCUT2D eigenvalue weighted by Gasteiger charge is 2.53. The highest BCUT2D eigenvalue weighted by molar-refractivity contribution is 4.95. The number of aliphatic hydroxyl groups excluding tert-OH is 9. The summed E-state index contributed by atoms with van der Waals surface area (Å²) < 4.78 is 26.6. The summed E-state index contributed by atoms with van der Waals surface area (Å²) in [5, 5.41) is 89.4. The van der Waals surface area contributed by atoms with Crippen LogP contribution >= 0.6 is 0 Å². The molecule has 0 aromatic heterocycles. The number of hydrogen-bond donors (Lipinski definition) is 9. The fourth-order valence-electron chi connectivity index (χ4n) is 3.79. The Morgan fingerprint density at radius 1 is 0.581 bits per heavy atom. The van der Waals surface area contributed by atoms with Crippen LogP contribution in [-0.4, -0.2) is 145 Å². The maximum Gasteiger partial charge on any atom is 0.187 e. The summed E-state index contributed by atoms with van der Waals surface area (Å²) in [7, 11) is 0. The first-order chi connectivity index (χ1) is 14.6.